The molecule has 0 bridgehead atoms. The van der Waals surface area contributed by atoms with Crippen molar-refractivity contribution in [3.05, 3.63) is 83.2 Å². The van der Waals surface area contributed by atoms with Crippen molar-refractivity contribution in [3.8, 4) is 11.1 Å². The second kappa shape index (κ2) is 18.5. The molecular weight excluding hydrogens is 607 g/mol. The first-order valence-electron chi connectivity index (χ1n) is 18.0. The van der Waals surface area contributed by atoms with E-state index in [1.54, 1.807) is 6.07 Å². The van der Waals surface area contributed by atoms with Gasteiger partial charge in [0.25, 0.3) is 0 Å². The van der Waals surface area contributed by atoms with Crippen LogP contribution in [0.5, 0.6) is 0 Å². The lowest BCUT2D eigenvalue weighted by Crippen LogP contribution is -2.33. The van der Waals surface area contributed by atoms with Crippen molar-refractivity contribution >= 4 is 11.9 Å². The summed E-state index contributed by atoms with van der Waals surface area (Å²) in [5, 5.41) is 18.4. The number of esters is 2. The molecule has 0 atom stereocenters. The summed E-state index contributed by atoms with van der Waals surface area (Å²) in [4.78, 5) is 24.3. The normalized spacial score (nSPS) is 21.1. The van der Waals surface area contributed by atoms with E-state index in [0.717, 1.165) is 68.1 Å². The maximum atomic E-state index is 14.9. The fourth-order valence-electron chi connectivity index (χ4n) is 7.78. The molecule has 0 amide bonds. The predicted octanol–water partition coefficient (Wildman–Crippen LogP) is 8.41. The van der Waals surface area contributed by atoms with E-state index in [2.05, 4.69) is 51.3 Å². The Labute approximate surface area is 286 Å². The van der Waals surface area contributed by atoms with Gasteiger partial charge in [-0.05, 0) is 129 Å². The summed E-state index contributed by atoms with van der Waals surface area (Å²) in [5.74, 6) is 0.537. The Morgan fingerprint density at radius 1 is 0.833 bits per heavy atom. The zero-order valence-electron chi connectivity index (χ0n) is 29.0. The van der Waals surface area contributed by atoms with Crippen molar-refractivity contribution in [3.63, 3.8) is 0 Å². The topological polar surface area (TPSA) is 93.1 Å². The summed E-state index contributed by atoms with van der Waals surface area (Å²) in [6.45, 7) is 10.6. The number of aliphatic hydroxyl groups is 2. The van der Waals surface area contributed by atoms with Crippen LogP contribution in [0, 0.1) is 36.4 Å². The summed E-state index contributed by atoms with van der Waals surface area (Å²) in [5.41, 5.74) is 5.41. The first-order valence-corrected chi connectivity index (χ1v) is 18.0. The van der Waals surface area contributed by atoms with Crippen LogP contribution in [0.3, 0.4) is 0 Å². The minimum Gasteiger partial charge on any atom is -0.462 e. The lowest BCUT2D eigenvalue weighted by molar-refractivity contribution is -0.146. The molecule has 4 rings (SSSR count). The van der Waals surface area contributed by atoms with Gasteiger partial charge in [-0.25, -0.2) is 14.0 Å². The highest BCUT2D eigenvalue weighted by molar-refractivity contribution is 5.88. The van der Waals surface area contributed by atoms with Crippen LogP contribution in [0.2, 0.25) is 0 Å². The molecule has 6 nitrogen and oxygen atoms in total. The Hall–Kier alpha value is -3.29. The van der Waals surface area contributed by atoms with Gasteiger partial charge < -0.3 is 19.7 Å². The van der Waals surface area contributed by atoms with Crippen molar-refractivity contribution in [1.82, 2.24) is 0 Å². The van der Waals surface area contributed by atoms with Crippen LogP contribution in [-0.4, -0.2) is 48.6 Å². The van der Waals surface area contributed by atoms with Gasteiger partial charge in [-0.1, -0.05) is 63.3 Å². The molecule has 0 unspecified atom stereocenters. The van der Waals surface area contributed by atoms with Gasteiger partial charge >= 0.3 is 11.9 Å². The van der Waals surface area contributed by atoms with Gasteiger partial charge in [0.15, 0.2) is 0 Å². The Bertz CT molecular complexity index is 1370. The average molecular weight is 663 g/mol. The number of aliphatic hydroxyl groups excluding tert-OH is 2. The third-order valence-electron chi connectivity index (χ3n) is 10.9. The minimum absolute atomic E-state index is 0.0111. The van der Waals surface area contributed by atoms with Gasteiger partial charge in [-0.2, -0.15) is 0 Å². The minimum atomic E-state index is -0.649. The molecule has 2 N–H and O–H groups in total. The molecule has 0 spiro atoms. The maximum Gasteiger partial charge on any atom is 0.335 e. The standard InChI is InChI=1S/C41H55FO6/c1-5-6-7-8-34-17-18-36(22-39(34)42)38-20-19-35(21-27(38)2)32-13-9-30(10-14-32)31-11-15-33(16-12-31)37(25-47-40(45)28(3)23-43)26-48-41(46)29(4)24-44/h17-22,30-33,37,43-44H,3-16,23-26H2,1-2H3. The van der Waals surface area contributed by atoms with E-state index in [1.165, 1.54) is 36.8 Å². The fraction of sp³-hybridized carbons (Fsp3) is 0.561. The number of aryl methyl sites for hydroxylation is 2. The first-order chi connectivity index (χ1) is 23.1. The van der Waals surface area contributed by atoms with E-state index in [0.29, 0.717) is 17.8 Å². The highest BCUT2D eigenvalue weighted by Crippen LogP contribution is 2.45. The monoisotopic (exact) mass is 662 g/mol. The second-order valence-corrected chi connectivity index (χ2v) is 14.1. The van der Waals surface area contributed by atoms with Gasteiger partial charge in [0.05, 0.1) is 37.6 Å². The molecule has 48 heavy (non-hydrogen) atoms. The summed E-state index contributed by atoms with van der Waals surface area (Å²) >= 11 is 0. The van der Waals surface area contributed by atoms with E-state index in [9.17, 15) is 24.2 Å². The fourth-order valence-corrected chi connectivity index (χ4v) is 7.78. The van der Waals surface area contributed by atoms with Gasteiger partial charge in [0.2, 0.25) is 0 Å². The molecule has 2 aromatic carbocycles. The highest BCUT2D eigenvalue weighted by atomic mass is 19.1. The zero-order chi connectivity index (χ0) is 34.6. The summed E-state index contributed by atoms with van der Waals surface area (Å²) in [6, 6.07) is 12.5. The van der Waals surface area contributed by atoms with Crippen molar-refractivity contribution in [2.24, 2.45) is 23.7 Å². The van der Waals surface area contributed by atoms with Crippen molar-refractivity contribution < 1.29 is 33.7 Å². The van der Waals surface area contributed by atoms with Crippen molar-refractivity contribution in [1.29, 1.82) is 0 Å². The highest BCUT2D eigenvalue weighted by Gasteiger charge is 2.35. The van der Waals surface area contributed by atoms with Gasteiger partial charge in [-0.15, -0.1) is 0 Å². The largest absolute Gasteiger partial charge is 0.462 e. The van der Waals surface area contributed by atoms with Crippen LogP contribution in [0.15, 0.2) is 60.7 Å². The number of hydrogen-bond acceptors (Lipinski definition) is 6. The van der Waals surface area contributed by atoms with Crippen LogP contribution in [-0.2, 0) is 25.5 Å². The molecule has 0 radical (unpaired) electrons. The molecule has 7 heteroatoms. The number of halogens is 1. The lowest BCUT2D eigenvalue weighted by atomic mass is 9.67. The summed E-state index contributed by atoms with van der Waals surface area (Å²) in [6.07, 6.45) is 12.9. The Kier molecular flexibility index (Phi) is 14.4. The van der Waals surface area contributed by atoms with Crippen molar-refractivity contribution in [2.75, 3.05) is 26.4 Å². The smallest absolute Gasteiger partial charge is 0.335 e. The Balaban J connectivity index is 1.29. The second-order valence-electron chi connectivity index (χ2n) is 14.1. The Morgan fingerprint density at radius 2 is 1.42 bits per heavy atom. The number of carbonyl (C=O) groups excluding carboxylic acids is 2. The van der Waals surface area contributed by atoms with E-state index in [1.807, 2.05) is 6.07 Å². The molecule has 0 heterocycles. The third kappa shape index (κ3) is 10.1. The molecular formula is C41H55FO6. The molecule has 2 fully saturated rings. The maximum absolute atomic E-state index is 14.9. The van der Waals surface area contributed by atoms with Crippen LogP contribution >= 0.6 is 0 Å². The lowest BCUT2D eigenvalue weighted by Gasteiger charge is -2.39. The van der Waals surface area contributed by atoms with Crippen LogP contribution in [0.25, 0.3) is 11.1 Å². The molecule has 2 aliphatic rings. The van der Waals surface area contributed by atoms with Gasteiger partial charge in [0, 0.05) is 5.92 Å². The average Bonchev–Trinajstić information content (AvgIpc) is 3.11. The molecule has 2 aliphatic carbocycles. The van der Waals surface area contributed by atoms with Crippen LogP contribution in [0.1, 0.15) is 100 Å². The molecule has 0 saturated heterocycles. The van der Waals surface area contributed by atoms with E-state index >= 15 is 0 Å². The summed E-state index contributed by atoms with van der Waals surface area (Å²) in [7, 11) is 0. The zero-order valence-corrected chi connectivity index (χ0v) is 29.0. The third-order valence-corrected chi connectivity index (χ3v) is 10.9. The Morgan fingerprint density at radius 3 is 1.94 bits per heavy atom. The number of rotatable bonds is 16. The quantitative estimate of drug-likeness (QED) is 0.107. The van der Waals surface area contributed by atoms with Gasteiger partial charge in [0.1, 0.15) is 5.82 Å². The molecule has 2 saturated carbocycles. The number of ether oxygens (including phenoxy) is 2. The SMILES string of the molecule is C=C(CO)C(=O)OCC(COC(=O)C(=C)CO)C1CCC(C2CCC(c3ccc(-c4ccc(CCCCC)c(F)c4)c(C)c3)CC2)CC1. The van der Waals surface area contributed by atoms with E-state index < -0.39 is 25.2 Å². The van der Waals surface area contributed by atoms with Crippen LogP contribution in [0.4, 0.5) is 4.39 Å². The number of carbonyl (C=O) groups is 2. The molecule has 0 aliphatic heterocycles. The van der Waals surface area contributed by atoms with Gasteiger partial charge in [-0.3, -0.25) is 0 Å². The van der Waals surface area contributed by atoms with Crippen LogP contribution < -0.4 is 0 Å². The summed E-state index contributed by atoms with van der Waals surface area (Å²) < 4.78 is 25.7. The molecule has 0 aromatic heterocycles. The van der Waals surface area contributed by atoms with E-state index in [4.69, 9.17) is 9.47 Å². The first kappa shape index (κ1) is 37.5. The molecule has 262 valence electrons. The van der Waals surface area contributed by atoms with Crippen molar-refractivity contribution in [2.45, 2.75) is 96.8 Å². The molecule has 2 aromatic rings. The van der Waals surface area contributed by atoms with E-state index in [-0.39, 0.29) is 42.0 Å². The number of benzene rings is 2. The number of hydrogen-bond donors (Lipinski definition) is 2. The number of unbranched alkanes of at least 4 members (excludes halogenated alkanes) is 2. The predicted molar refractivity (Wildman–Crippen MR) is 188 cm³/mol.